The van der Waals surface area contributed by atoms with Crippen molar-refractivity contribution in [3.05, 3.63) is 30.5 Å². The van der Waals surface area contributed by atoms with E-state index in [1.807, 2.05) is 29.2 Å². The zero-order valence-electron chi connectivity index (χ0n) is 14.6. The molecule has 0 N–H and O–H groups in total. The van der Waals surface area contributed by atoms with Crippen LogP contribution in [-0.4, -0.2) is 40.0 Å². The first-order valence-electron chi connectivity index (χ1n) is 9.47. The first-order chi connectivity index (χ1) is 12.3. The number of para-hydroxylation sites is 2. The Morgan fingerprint density at radius 1 is 1.00 bits per heavy atom. The molecule has 0 radical (unpaired) electrons. The van der Waals surface area contributed by atoms with Crippen molar-refractivity contribution >= 4 is 16.9 Å². The molecule has 2 fully saturated rings. The number of ether oxygens (including phenoxy) is 1. The third-order valence-electron chi connectivity index (χ3n) is 5.42. The topological polar surface area (TPSA) is 55.3 Å². The van der Waals surface area contributed by atoms with Crippen LogP contribution < -0.4 is 4.74 Å². The minimum atomic E-state index is 0.117. The molecular weight excluding hydrogens is 314 g/mol. The number of hydrogen-bond acceptors (Lipinski definition) is 4. The summed E-state index contributed by atoms with van der Waals surface area (Å²) in [6, 6.07) is 7.80. The first kappa shape index (κ1) is 16.3. The van der Waals surface area contributed by atoms with Gasteiger partial charge in [-0.05, 0) is 25.0 Å². The maximum absolute atomic E-state index is 12.6. The largest absolute Gasteiger partial charge is 0.473 e. The molecule has 2 aliphatic rings. The number of carbonyl (C=O) groups excluding carboxylic acids is 1. The summed E-state index contributed by atoms with van der Waals surface area (Å²) in [6.45, 7) is 1.59. The molecular formula is C20H25N3O2. The standard InChI is InChI=1S/C20H25N3O2/c24-20(15-6-2-1-3-7-15)23-12-10-16(11-13-23)25-19-14-21-17-8-4-5-9-18(17)22-19/h4-5,8-9,14-16H,1-3,6-7,10-13H2. The minimum absolute atomic E-state index is 0.117. The van der Waals surface area contributed by atoms with Crippen LogP contribution in [0.3, 0.4) is 0 Å². The van der Waals surface area contributed by atoms with Gasteiger partial charge in [-0.2, -0.15) is 0 Å². The average molecular weight is 339 g/mol. The molecule has 1 saturated heterocycles. The number of nitrogens with zero attached hydrogens (tertiary/aromatic N) is 3. The summed E-state index contributed by atoms with van der Waals surface area (Å²) in [7, 11) is 0. The van der Waals surface area contributed by atoms with Crippen molar-refractivity contribution in [1.82, 2.24) is 14.9 Å². The van der Waals surface area contributed by atoms with Crippen molar-refractivity contribution in [3.63, 3.8) is 0 Å². The molecule has 2 aromatic rings. The minimum Gasteiger partial charge on any atom is -0.473 e. The predicted octanol–water partition coefficient (Wildman–Crippen LogP) is 3.58. The Morgan fingerprint density at radius 2 is 1.72 bits per heavy atom. The predicted molar refractivity (Wildman–Crippen MR) is 96.3 cm³/mol. The number of rotatable bonds is 3. The number of hydrogen-bond donors (Lipinski definition) is 0. The van der Waals surface area contributed by atoms with E-state index < -0.39 is 0 Å². The Kier molecular flexibility index (Phi) is 4.81. The summed E-state index contributed by atoms with van der Waals surface area (Å²) in [6.07, 6.45) is 9.39. The Balaban J connectivity index is 1.32. The first-order valence-corrected chi connectivity index (χ1v) is 9.47. The lowest BCUT2D eigenvalue weighted by Crippen LogP contribution is -2.44. The van der Waals surface area contributed by atoms with Gasteiger partial charge in [0.25, 0.3) is 0 Å². The van der Waals surface area contributed by atoms with E-state index in [0.29, 0.717) is 11.8 Å². The molecule has 1 aliphatic carbocycles. The Bertz CT molecular complexity index is 735. The Morgan fingerprint density at radius 3 is 2.48 bits per heavy atom. The van der Waals surface area contributed by atoms with E-state index in [1.54, 1.807) is 6.20 Å². The highest BCUT2D eigenvalue weighted by Gasteiger charge is 2.29. The van der Waals surface area contributed by atoms with Crippen molar-refractivity contribution in [2.75, 3.05) is 13.1 Å². The van der Waals surface area contributed by atoms with E-state index in [9.17, 15) is 4.79 Å². The van der Waals surface area contributed by atoms with Gasteiger partial charge in [0.2, 0.25) is 11.8 Å². The van der Waals surface area contributed by atoms with Crippen molar-refractivity contribution < 1.29 is 9.53 Å². The third kappa shape index (κ3) is 3.75. The van der Waals surface area contributed by atoms with E-state index in [1.165, 1.54) is 19.3 Å². The summed E-state index contributed by atoms with van der Waals surface area (Å²) in [5.41, 5.74) is 1.73. The summed E-state index contributed by atoms with van der Waals surface area (Å²) in [4.78, 5) is 23.6. The molecule has 0 unspecified atom stereocenters. The van der Waals surface area contributed by atoms with Crippen LogP contribution in [0, 0.1) is 5.92 Å². The number of piperidine rings is 1. The molecule has 1 aromatic carbocycles. The quantitative estimate of drug-likeness (QED) is 0.858. The van der Waals surface area contributed by atoms with E-state index in [0.717, 1.165) is 49.8 Å². The molecule has 132 valence electrons. The van der Waals surface area contributed by atoms with Gasteiger partial charge >= 0.3 is 0 Å². The van der Waals surface area contributed by atoms with Gasteiger partial charge in [-0.1, -0.05) is 31.4 Å². The number of amides is 1. The fraction of sp³-hybridized carbons (Fsp3) is 0.550. The molecule has 5 nitrogen and oxygen atoms in total. The van der Waals surface area contributed by atoms with Gasteiger partial charge in [0.05, 0.1) is 17.2 Å². The highest BCUT2D eigenvalue weighted by molar-refractivity contribution is 5.79. The van der Waals surface area contributed by atoms with Crippen LogP contribution >= 0.6 is 0 Å². The van der Waals surface area contributed by atoms with Gasteiger partial charge in [-0.15, -0.1) is 0 Å². The third-order valence-corrected chi connectivity index (χ3v) is 5.42. The lowest BCUT2D eigenvalue weighted by Gasteiger charge is -2.35. The van der Waals surface area contributed by atoms with Crippen LogP contribution in [0.1, 0.15) is 44.9 Å². The molecule has 0 spiro atoms. The fourth-order valence-electron chi connectivity index (χ4n) is 3.97. The van der Waals surface area contributed by atoms with E-state index in [4.69, 9.17) is 4.74 Å². The summed E-state index contributed by atoms with van der Waals surface area (Å²) in [5, 5.41) is 0. The smallest absolute Gasteiger partial charge is 0.233 e. The van der Waals surface area contributed by atoms with Crippen LogP contribution in [0.5, 0.6) is 5.88 Å². The zero-order valence-corrected chi connectivity index (χ0v) is 14.6. The number of benzene rings is 1. The molecule has 5 heteroatoms. The SMILES string of the molecule is O=C(C1CCCCC1)N1CCC(Oc2cnc3ccccc3n2)CC1. The summed E-state index contributed by atoms with van der Waals surface area (Å²) in [5.74, 6) is 1.21. The van der Waals surface area contributed by atoms with Crippen LogP contribution in [0.25, 0.3) is 11.0 Å². The lowest BCUT2D eigenvalue weighted by molar-refractivity contribution is -0.138. The zero-order chi connectivity index (χ0) is 17.1. The van der Waals surface area contributed by atoms with Crippen molar-refractivity contribution in [2.45, 2.75) is 51.0 Å². The second kappa shape index (κ2) is 7.38. The monoisotopic (exact) mass is 339 g/mol. The molecule has 1 amide bonds. The molecule has 0 bridgehead atoms. The van der Waals surface area contributed by atoms with Gasteiger partial charge in [0.1, 0.15) is 6.10 Å². The van der Waals surface area contributed by atoms with E-state index in [-0.39, 0.29) is 12.0 Å². The van der Waals surface area contributed by atoms with Crippen molar-refractivity contribution in [3.8, 4) is 5.88 Å². The molecule has 4 rings (SSSR count). The summed E-state index contributed by atoms with van der Waals surface area (Å²) < 4.78 is 6.03. The molecule has 1 aliphatic heterocycles. The average Bonchev–Trinajstić information content (AvgIpc) is 2.69. The second-order valence-corrected chi connectivity index (χ2v) is 7.17. The number of likely N-dealkylation sites (tertiary alicyclic amines) is 1. The number of carbonyl (C=O) groups is 1. The van der Waals surface area contributed by atoms with Gasteiger partial charge in [-0.25, -0.2) is 9.97 Å². The second-order valence-electron chi connectivity index (χ2n) is 7.17. The number of aromatic nitrogens is 2. The van der Waals surface area contributed by atoms with Crippen LogP contribution in [0.2, 0.25) is 0 Å². The normalized spacial score (nSPS) is 19.9. The van der Waals surface area contributed by atoms with E-state index in [2.05, 4.69) is 9.97 Å². The molecule has 25 heavy (non-hydrogen) atoms. The van der Waals surface area contributed by atoms with Crippen LogP contribution in [0.4, 0.5) is 0 Å². The van der Waals surface area contributed by atoms with Gasteiger partial charge in [0, 0.05) is 31.8 Å². The lowest BCUT2D eigenvalue weighted by atomic mass is 9.88. The Labute approximate surface area is 148 Å². The van der Waals surface area contributed by atoms with Crippen molar-refractivity contribution in [1.29, 1.82) is 0 Å². The van der Waals surface area contributed by atoms with Gasteiger partial charge < -0.3 is 9.64 Å². The summed E-state index contributed by atoms with van der Waals surface area (Å²) >= 11 is 0. The van der Waals surface area contributed by atoms with E-state index >= 15 is 0 Å². The van der Waals surface area contributed by atoms with Gasteiger partial charge in [0.15, 0.2) is 0 Å². The highest BCUT2D eigenvalue weighted by Crippen LogP contribution is 2.27. The molecule has 2 heterocycles. The molecule has 0 atom stereocenters. The van der Waals surface area contributed by atoms with Crippen molar-refractivity contribution in [2.24, 2.45) is 5.92 Å². The molecule has 1 saturated carbocycles. The highest BCUT2D eigenvalue weighted by atomic mass is 16.5. The Hall–Kier alpha value is -2.17. The fourth-order valence-corrected chi connectivity index (χ4v) is 3.97. The van der Waals surface area contributed by atoms with Crippen LogP contribution in [0.15, 0.2) is 30.5 Å². The van der Waals surface area contributed by atoms with Crippen LogP contribution in [-0.2, 0) is 4.79 Å². The number of fused-ring (bicyclic) bond motifs is 1. The molecule has 1 aromatic heterocycles. The maximum atomic E-state index is 12.6. The maximum Gasteiger partial charge on any atom is 0.233 e. The van der Waals surface area contributed by atoms with Gasteiger partial charge in [-0.3, -0.25) is 4.79 Å².